The van der Waals surface area contributed by atoms with E-state index in [-0.39, 0.29) is 16.7 Å². The lowest BCUT2D eigenvalue weighted by Gasteiger charge is -2.15. The van der Waals surface area contributed by atoms with Gasteiger partial charge in [0.05, 0.1) is 7.11 Å². The number of halogens is 2. The monoisotopic (exact) mass is 366 g/mol. The summed E-state index contributed by atoms with van der Waals surface area (Å²) in [7, 11) is 1.45. The molecular formula is C19H36Cl2O2. The predicted molar refractivity (Wildman–Crippen MR) is 102 cm³/mol. The fraction of sp³-hybridized carbons (Fsp3) is 0.947. The third kappa shape index (κ3) is 15.3. The second-order valence-electron chi connectivity index (χ2n) is 6.47. The molecule has 0 spiro atoms. The molecule has 0 aliphatic carbocycles. The van der Waals surface area contributed by atoms with E-state index in [1.165, 1.54) is 64.9 Å². The van der Waals surface area contributed by atoms with E-state index in [1.807, 2.05) is 0 Å². The molecule has 0 radical (unpaired) electrons. The van der Waals surface area contributed by atoms with Crippen molar-refractivity contribution < 1.29 is 9.53 Å². The average molecular weight is 367 g/mol. The summed E-state index contributed by atoms with van der Waals surface area (Å²) in [4.78, 5) is 11.0. The zero-order valence-corrected chi connectivity index (χ0v) is 16.6. The first-order valence-electron chi connectivity index (χ1n) is 9.46. The van der Waals surface area contributed by atoms with Gasteiger partial charge in [0.25, 0.3) is 0 Å². The number of rotatable bonds is 16. The van der Waals surface area contributed by atoms with Crippen LogP contribution >= 0.6 is 23.2 Å². The lowest BCUT2D eigenvalue weighted by Crippen LogP contribution is -2.14. The standard InChI is InChI=1S/C19H36Cl2O2/c1-3-4-5-11-14-17(20)18(21)15-12-9-7-6-8-10-13-16-19(22)23-2/h17-18H,3-16H2,1-2H3/t17-,18-/m1/s1. The number of unbranched alkanes of at least 4 members (excludes halogenated alkanes) is 9. The Balaban J connectivity index is 3.34. The molecule has 0 fully saturated rings. The van der Waals surface area contributed by atoms with Crippen LogP contribution in [-0.4, -0.2) is 23.8 Å². The molecule has 0 saturated carbocycles. The minimum Gasteiger partial charge on any atom is -0.469 e. The summed E-state index contributed by atoms with van der Waals surface area (Å²) in [6, 6.07) is 0. The number of esters is 1. The molecule has 0 aliphatic rings. The van der Waals surface area contributed by atoms with Gasteiger partial charge in [-0.2, -0.15) is 0 Å². The Hall–Kier alpha value is 0.0500. The van der Waals surface area contributed by atoms with E-state index in [2.05, 4.69) is 11.7 Å². The molecular weight excluding hydrogens is 331 g/mol. The SMILES string of the molecule is CCCCCC[C@@H](Cl)[C@H](Cl)CCCCCCCCCC(=O)OC. The average Bonchev–Trinajstić information content (AvgIpc) is 2.56. The summed E-state index contributed by atoms with van der Waals surface area (Å²) in [5, 5.41) is 0.255. The van der Waals surface area contributed by atoms with Crippen LogP contribution in [0.5, 0.6) is 0 Å². The van der Waals surface area contributed by atoms with E-state index in [1.54, 1.807) is 0 Å². The Kier molecular flexibility index (Phi) is 16.9. The van der Waals surface area contributed by atoms with Crippen LogP contribution in [0.1, 0.15) is 96.8 Å². The number of alkyl halides is 2. The number of ether oxygens (including phenoxy) is 1. The minimum absolute atomic E-state index is 0.0940. The first-order valence-corrected chi connectivity index (χ1v) is 10.3. The third-order valence-corrected chi connectivity index (χ3v) is 5.49. The summed E-state index contributed by atoms with van der Waals surface area (Å²) >= 11 is 12.8. The van der Waals surface area contributed by atoms with E-state index in [9.17, 15) is 4.79 Å². The second-order valence-corrected chi connectivity index (χ2v) is 7.59. The van der Waals surface area contributed by atoms with Crippen LogP contribution < -0.4 is 0 Å². The van der Waals surface area contributed by atoms with E-state index in [0.717, 1.165) is 25.7 Å². The highest BCUT2D eigenvalue weighted by Crippen LogP contribution is 2.22. The van der Waals surface area contributed by atoms with Gasteiger partial charge in [0.1, 0.15) is 0 Å². The number of carbonyl (C=O) groups excluding carboxylic acids is 1. The van der Waals surface area contributed by atoms with Gasteiger partial charge in [-0.3, -0.25) is 4.79 Å². The number of hydrogen-bond acceptors (Lipinski definition) is 2. The molecule has 0 saturated heterocycles. The second kappa shape index (κ2) is 16.9. The molecule has 0 heterocycles. The molecule has 4 heteroatoms. The Bertz CT molecular complexity index is 272. The van der Waals surface area contributed by atoms with Crippen molar-refractivity contribution >= 4 is 29.2 Å². The van der Waals surface area contributed by atoms with Crippen molar-refractivity contribution in [1.29, 1.82) is 0 Å². The maximum Gasteiger partial charge on any atom is 0.305 e. The summed E-state index contributed by atoms with van der Waals surface area (Å²) in [5.74, 6) is -0.0940. The summed E-state index contributed by atoms with van der Waals surface area (Å²) < 4.78 is 4.63. The largest absolute Gasteiger partial charge is 0.469 e. The molecule has 0 aromatic heterocycles. The van der Waals surface area contributed by atoms with Crippen LogP contribution in [0.4, 0.5) is 0 Å². The molecule has 0 amide bonds. The van der Waals surface area contributed by atoms with Gasteiger partial charge in [-0.25, -0.2) is 0 Å². The van der Waals surface area contributed by atoms with E-state index in [4.69, 9.17) is 23.2 Å². The van der Waals surface area contributed by atoms with Crippen molar-refractivity contribution in [3.63, 3.8) is 0 Å². The van der Waals surface area contributed by atoms with Gasteiger partial charge >= 0.3 is 5.97 Å². The summed E-state index contributed by atoms with van der Waals surface area (Å²) in [6.45, 7) is 2.22. The topological polar surface area (TPSA) is 26.3 Å². The molecule has 23 heavy (non-hydrogen) atoms. The van der Waals surface area contributed by atoms with Gasteiger partial charge in [0, 0.05) is 17.2 Å². The molecule has 0 bridgehead atoms. The van der Waals surface area contributed by atoms with Gasteiger partial charge in [-0.05, 0) is 19.3 Å². The Morgan fingerprint density at radius 1 is 0.783 bits per heavy atom. The van der Waals surface area contributed by atoms with Crippen molar-refractivity contribution in [2.75, 3.05) is 7.11 Å². The van der Waals surface area contributed by atoms with Gasteiger partial charge in [-0.15, -0.1) is 23.2 Å². The highest BCUT2D eigenvalue weighted by atomic mass is 35.5. The fourth-order valence-electron chi connectivity index (χ4n) is 2.72. The highest BCUT2D eigenvalue weighted by molar-refractivity contribution is 6.29. The van der Waals surface area contributed by atoms with Crippen LogP contribution in [0.15, 0.2) is 0 Å². The maximum absolute atomic E-state index is 11.0. The molecule has 138 valence electrons. The molecule has 0 aliphatic heterocycles. The molecule has 2 nitrogen and oxygen atoms in total. The van der Waals surface area contributed by atoms with Crippen LogP contribution in [0.2, 0.25) is 0 Å². The van der Waals surface area contributed by atoms with Crippen molar-refractivity contribution in [2.24, 2.45) is 0 Å². The van der Waals surface area contributed by atoms with Crippen LogP contribution in [0.3, 0.4) is 0 Å². The van der Waals surface area contributed by atoms with E-state index in [0.29, 0.717) is 6.42 Å². The Morgan fingerprint density at radius 2 is 1.22 bits per heavy atom. The molecule has 2 atom stereocenters. The van der Waals surface area contributed by atoms with Crippen molar-refractivity contribution in [1.82, 2.24) is 0 Å². The Morgan fingerprint density at radius 3 is 1.70 bits per heavy atom. The Labute approximate surface area is 153 Å². The predicted octanol–water partition coefficient (Wildman–Crippen LogP) is 6.86. The van der Waals surface area contributed by atoms with Crippen LogP contribution in [-0.2, 0) is 9.53 Å². The fourth-order valence-corrected chi connectivity index (χ4v) is 3.28. The maximum atomic E-state index is 11.0. The normalized spacial score (nSPS) is 13.7. The van der Waals surface area contributed by atoms with Gasteiger partial charge in [-0.1, -0.05) is 71.1 Å². The summed E-state index contributed by atoms with van der Waals surface area (Å²) in [6.07, 6.45) is 15.9. The van der Waals surface area contributed by atoms with Gasteiger partial charge in [0.15, 0.2) is 0 Å². The van der Waals surface area contributed by atoms with Gasteiger partial charge < -0.3 is 4.74 Å². The highest BCUT2D eigenvalue weighted by Gasteiger charge is 2.15. The van der Waals surface area contributed by atoms with Crippen molar-refractivity contribution in [3.05, 3.63) is 0 Å². The van der Waals surface area contributed by atoms with E-state index < -0.39 is 0 Å². The smallest absolute Gasteiger partial charge is 0.305 e. The zero-order chi connectivity index (χ0) is 17.3. The van der Waals surface area contributed by atoms with Crippen molar-refractivity contribution in [3.8, 4) is 0 Å². The molecule has 0 N–H and O–H groups in total. The zero-order valence-electron chi connectivity index (χ0n) is 15.1. The van der Waals surface area contributed by atoms with Gasteiger partial charge in [0.2, 0.25) is 0 Å². The minimum atomic E-state index is -0.0940. The lowest BCUT2D eigenvalue weighted by atomic mass is 10.0. The molecule has 0 unspecified atom stereocenters. The summed E-state index contributed by atoms with van der Waals surface area (Å²) in [5.41, 5.74) is 0. The lowest BCUT2D eigenvalue weighted by molar-refractivity contribution is -0.140. The van der Waals surface area contributed by atoms with Crippen molar-refractivity contribution in [2.45, 2.75) is 108 Å². The third-order valence-electron chi connectivity index (χ3n) is 4.31. The van der Waals surface area contributed by atoms with Crippen LogP contribution in [0.25, 0.3) is 0 Å². The number of methoxy groups -OCH3 is 1. The molecule has 0 aromatic carbocycles. The number of hydrogen-bond donors (Lipinski definition) is 0. The first kappa shape index (κ1) is 23.1. The number of carbonyl (C=O) groups is 1. The van der Waals surface area contributed by atoms with E-state index >= 15 is 0 Å². The van der Waals surface area contributed by atoms with Crippen LogP contribution in [0, 0.1) is 0 Å². The molecule has 0 aromatic rings. The quantitative estimate of drug-likeness (QED) is 0.169. The first-order chi connectivity index (χ1) is 11.1. The molecule has 0 rings (SSSR count).